The number of nitrogens with zero attached hydrogens (tertiary/aromatic N) is 5. The summed E-state index contributed by atoms with van der Waals surface area (Å²) in [5.74, 6) is 0.0613. The zero-order valence-corrected chi connectivity index (χ0v) is 17.1. The van der Waals surface area contributed by atoms with Gasteiger partial charge in [-0.25, -0.2) is 9.78 Å². The van der Waals surface area contributed by atoms with E-state index in [9.17, 15) is 9.90 Å². The van der Waals surface area contributed by atoms with Gasteiger partial charge in [-0.15, -0.1) is 10.2 Å². The van der Waals surface area contributed by atoms with Crippen molar-refractivity contribution in [3.63, 3.8) is 0 Å². The zero-order valence-electron chi connectivity index (χ0n) is 17.1. The van der Waals surface area contributed by atoms with E-state index in [0.29, 0.717) is 24.7 Å². The summed E-state index contributed by atoms with van der Waals surface area (Å²) < 4.78 is 0. The second-order valence-electron chi connectivity index (χ2n) is 7.08. The number of carboxylic acids is 1. The Morgan fingerprint density at radius 3 is 2.48 bits per heavy atom. The van der Waals surface area contributed by atoms with Gasteiger partial charge in [-0.2, -0.15) is 5.21 Å². The van der Waals surface area contributed by atoms with Gasteiger partial charge in [-0.3, -0.25) is 0 Å². The zero-order chi connectivity index (χ0) is 21.6. The normalized spacial score (nSPS) is 10.7. The van der Waals surface area contributed by atoms with Crippen molar-refractivity contribution in [3.8, 4) is 22.5 Å². The summed E-state index contributed by atoms with van der Waals surface area (Å²) in [6.07, 6.45) is 2.51. The van der Waals surface area contributed by atoms with Crippen LogP contribution in [-0.2, 0) is 6.54 Å². The molecule has 0 aliphatic heterocycles. The summed E-state index contributed by atoms with van der Waals surface area (Å²) in [5.41, 5.74) is 4.23. The van der Waals surface area contributed by atoms with Crippen LogP contribution in [0.25, 0.3) is 22.5 Å². The van der Waals surface area contributed by atoms with E-state index in [0.717, 1.165) is 28.7 Å². The first-order chi connectivity index (χ1) is 15.2. The largest absolute Gasteiger partial charge is 0.478 e. The van der Waals surface area contributed by atoms with Crippen molar-refractivity contribution in [2.75, 3.05) is 11.4 Å². The molecule has 0 bridgehead atoms. The lowest BCUT2D eigenvalue weighted by Gasteiger charge is -2.24. The van der Waals surface area contributed by atoms with Crippen LogP contribution in [0.2, 0.25) is 0 Å². The van der Waals surface area contributed by atoms with Gasteiger partial charge in [0.15, 0.2) is 0 Å². The number of H-pyrrole nitrogens is 1. The van der Waals surface area contributed by atoms with E-state index >= 15 is 0 Å². The third kappa shape index (κ3) is 4.42. The van der Waals surface area contributed by atoms with Crippen LogP contribution in [0, 0.1) is 0 Å². The molecule has 0 saturated heterocycles. The second-order valence-corrected chi connectivity index (χ2v) is 7.08. The number of aromatic carboxylic acids is 1. The number of carbonyl (C=O) groups is 1. The molecule has 0 fully saturated rings. The van der Waals surface area contributed by atoms with E-state index in [1.54, 1.807) is 18.3 Å². The third-order valence-corrected chi connectivity index (χ3v) is 4.96. The van der Waals surface area contributed by atoms with E-state index in [1.807, 2.05) is 41.3 Å². The molecule has 31 heavy (non-hydrogen) atoms. The molecule has 0 amide bonds. The lowest BCUT2D eigenvalue weighted by Crippen LogP contribution is -2.26. The monoisotopic (exact) mass is 414 g/mol. The number of pyridine rings is 1. The second kappa shape index (κ2) is 9.17. The summed E-state index contributed by atoms with van der Waals surface area (Å²) in [7, 11) is 0. The smallest absolute Gasteiger partial charge is 0.339 e. The first kappa shape index (κ1) is 20.2. The van der Waals surface area contributed by atoms with Gasteiger partial charge in [0.1, 0.15) is 11.4 Å². The molecule has 2 aromatic heterocycles. The SMILES string of the molecule is CCCN(Cc1ccc(-c2ccccc2-c2nn[nH]n2)cc1)c1ncccc1C(=O)O. The number of benzene rings is 2. The average molecular weight is 414 g/mol. The summed E-state index contributed by atoms with van der Waals surface area (Å²) >= 11 is 0. The fraction of sp³-hybridized carbons (Fsp3) is 0.174. The summed E-state index contributed by atoms with van der Waals surface area (Å²) in [5, 5.41) is 23.9. The van der Waals surface area contributed by atoms with Crippen LogP contribution >= 0.6 is 0 Å². The highest BCUT2D eigenvalue weighted by Gasteiger charge is 2.17. The summed E-state index contributed by atoms with van der Waals surface area (Å²) in [6, 6.07) is 19.3. The summed E-state index contributed by atoms with van der Waals surface area (Å²) in [6.45, 7) is 3.34. The lowest BCUT2D eigenvalue weighted by atomic mass is 9.98. The highest BCUT2D eigenvalue weighted by atomic mass is 16.4. The molecule has 0 unspecified atom stereocenters. The predicted octanol–water partition coefficient (Wildman–Crippen LogP) is 4.04. The molecule has 0 spiro atoms. The minimum absolute atomic E-state index is 0.210. The van der Waals surface area contributed by atoms with Crippen molar-refractivity contribution in [1.82, 2.24) is 25.6 Å². The minimum Gasteiger partial charge on any atom is -0.478 e. The van der Waals surface area contributed by atoms with Crippen LogP contribution in [0.1, 0.15) is 29.3 Å². The molecule has 8 heteroatoms. The first-order valence-electron chi connectivity index (χ1n) is 10.0. The van der Waals surface area contributed by atoms with E-state index in [4.69, 9.17) is 0 Å². The Kier molecular flexibility index (Phi) is 5.98. The predicted molar refractivity (Wildman–Crippen MR) is 118 cm³/mol. The van der Waals surface area contributed by atoms with Gasteiger partial charge in [0, 0.05) is 24.8 Å². The standard InChI is InChI=1S/C23H22N6O2/c1-2-14-29(22-20(23(30)31)8-5-13-24-22)15-16-9-11-17(12-10-16)18-6-3-4-7-19(18)21-25-27-28-26-21/h3-13H,2,14-15H2,1H3,(H,30,31)(H,25,26,27,28). The minimum atomic E-state index is -0.974. The maximum atomic E-state index is 11.6. The van der Waals surface area contributed by atoms with Crippen LogP contribution < -0.4 is 4.90 Å². The van der Waals surface area contributed by atoms with Crippen molar-refractivity contribution in [2.24, 2.45) is 0 Å². The number of hydrogen-bond acceptors (Lipinski definition) is 6. The van der Waals surface area contributed by atoms with Crippen molar-refractivity contribution in [3.05, 3.63) is 78.0 Å². The fourth-order valence-corrected chi connectivity index (χ4v) is 3.56. The van der Waals surface area contributed by atoms with Crippen LogP contribution in [0.4, 0.5) is 5.82 Å². The molecule has 4 aromatic rings. The van der Waals surface area contributed by atoms with E-state index in [2.05, 4.69) is 44.7 Å². The quantitative estimate of drug-likeness (QED) is 0.448. The molecule has 0 aliphatic carbocycles. The Hall–Kier alpha value is -4.07. The number of aromatic amines is 1. The Labute approximate surface area is 179 Å². The topological polar surface area (TPSA) is 108 Å². The maximum Gasteiger partial charge on any atom is 0.339 e. The Balaban J connectivity index is 1.61. The van der Waals surface area contributed by atoms with Crippen molar-refractivity contribution >= 4 is 11.8 Å². The van der Waals surface area contributed by atoms with Gasteiger partial charge in [-0.1, -0.05) is 55.5 Å². The number of nitrogens with one attached hydrogen (secondary N) is 1. The van der Waals surface area contributed by atoms with Gasteiger partial charge in [0.2, 0.25) is 5.82 Å². The lowest BCUT2D eigenvalue weighted by molar-refractivity contribution is 0.0697. The number of rotatable bonds is 8. The van der Waals surface area contributed by atoms with E-state index in [1.165, 1.54) is 0 Å². The van der Waals surface area contributed by atoms with Crippen LogP contribution in [0.15, 0.2) is 66.9 Å². The number of anilines is 1. The number of aromatic nitrogens is 5. The van der Waals surface area contributed by atoms with Gasteiger partial charge >= 0.3 is 5.97 Å². The number of tetrazole rings is 1. The molecular formula is C23H22N6O2. The highest BCUT2D eigenvalue weighted by Crippen LogP contribution is 2.30. The van der Waals surface area contributed by atoms with E-state index in [-0.39, 0.29) is 5.56 Å². The average Bonchev–Trinajstić information content (AvgIpc) is 3.34. The molecular weight excluding hydrogens is 392 g/mol. The molecule has 2 heterocycles. The Bertz CT molecular complexity index is 1160. The van der Waals surface area contributed by atoms with Crippen molar-refractivity contribution < 1.29 is 9.90 Å². The van der Waals surface area contributed by atoms with Gasteiger partial charge in [0.25, 0.3) is 0 Å². The van der Waals surface area contributed by atoms with Crippen LogP contribution in [0.3, 0.4) is 0 Å². The molecule has 4 rings (SSSR count). The number of carboxylic acid groups (broad SMARTS) is 1. The Morgan fingerprint density at radius 2 is 1.81 bits per heavy atom. The maximum absolute atomic E-state index is 11.6. The molecule has 2 N–H and O–H groups in total. The van der Waals surface area contributed by atoms with Crippen molar-refractivity contribution in [1.29, 1.82) is 0 Å². The summed E-state index contributed by atoms with van der Waals surface area (Å²) in [4.78, 5) is 18.0. The first-order valence-corrected chi connectivity index (χ1v) is 10.0. The molecule has 8 nitrogen and oxygen atoms in total. The third-order valence-electron chi connectivity index (χ3n) is 4.96. The molecule has 0 radical (unpaired) electrons. The molecule has 0 atom stereocenters. The van der Waals surface area contributed by atoms with Crippen LogP contribution in [-0.4, -0.2) is 43.2 Å². The van der Waals surface area contributed by atoms with Gasteiger partial charge < -0.3 is 10.0 Å². The van der Waals surface area contributed by atoms with Crippen LogP contribution in [0.5, 0.6) is 0 Å². The molecule has 0 saturated carbocycles. The molecule has 156 valence electrons. The van der Waals surface area contributed by atoms with Gasteiger partial charge in [0.05, 0.1) is 0 Å². The fourth-order valence-electron chi connectivity index (χ4n) is 3.56. The van der Waals surface area contributed by atoms with E-state index < -0.39 is 5.97 Å². The molecule has 0 aliphatic rings. The van der Waals surface area contributed by atoms with Gasteiger partial charge in [-0.05, 0) is 40.5 Å². The van der Waals surface area contributed by atoms with Crippen molar-refractivity contribution in [2.45, 2.75) is 19.9 Å². The Morgan fingerprint density at radius 1 is 1.03 bits per heavy atom. The highest BCUT2D eigenvalue weighted by molar-refractivity contribution is 5.93. The number of hydrogen-bond donors (Lipinski definition) is 2. The molecule has 2 aromatic carbocycles.